The van der Waals surface area contributed by atoms with Crippen LogP contribution in [0.1, 0.15) is 12.6 Å². The Kier molecular flexibility index (Phi) is 6.81. The molecule has 0 saturated heterocycles. The number of nitrogens with zero attached hydrogens (tertiary/aromatic N) is 4. The predicted molar refractivity (Wildman–Crippen MR) is 126 cm³/mol. The first kappa shape index (κ1) is 21.7. The highest BCUT2D eigenvalue weighted by atomic mass is 35.5. The smallest absolute Gasteiger partial charge is 0.230 e. The third-order valence-electron chi connectivity index (χ3n) is 3.94. The highest BCUT2D eigenvalue weighted by Crippen LogP contribution is 2.34. The summed E-state index contributed by atoms with van der Waals surface area (Å²) in [6, 6.07) is 13.3. The Labute approximate surface area is 195 Å². The fourth-order valence-corrected chi connectivity index (χ4v) is 5.49. The zero-order valence-electron chi connectivity index (χ0n) is 16.1. The molecule has 0 saturated carbocycles. The first-order chi connectivity index (χ1) is 15.0. The van der Waals surface area contributed by atoms with Crippen LogP contribution in [0.2, 0.25) is 5.02 Å². The van der Waals surface area contributed by atoms with Crippen molar-refractivity contribution in [3.63, 3.8) is 0 Å². The van der Waals surface area contributed by atoms with E-state index in [1.54, 1.807) is 30.3 Å². The molecular weight excluding hydrogens is 477 g/mol. The topological polar surface area (TPSA) is 71.0 Å². The minimum absolute atomic E-state index is 0.145. The van der Waals surface area contributed by atoms with Crippen molar-refractivity contribution in [3.8, 4) is 0 Å². The summed E-state index contributed by atoms with van der Waals surface area (Å²) >= 11 is 10.3. The van der Waals surface area contributed by atoms with Gasteiger partial charge in [0.2, 0.25) is 11.0 Å². The van der Waals surface area contributed by atoms with E-state index in [0.717, 1.165) is 10.0 Å². The number of nitrogens with one attached hydrogen (secondary N) is 1. The number of thiazole rings is 1. The second-order valence-corrected chi connectivity index (χ2v) is 9.73. The van der Waals surface area contributed by atoms with Gasteiger partial charge in [0, 0.05) is 28.8 Å². The highest BCUT2D eigenvalue weighted by molar-refractivity contribution is 8.00. The van der Waals surface area contributed by atoms with Gasteiger partial charge in [0.15, 0.2) is 9.47 Å². The molecule has 0 unspecified atom stereocenters. The lowest BCUT2D eigenvalue weighted by Gasteiger charge is -2.18. The maximum atomic E-state index is 13.3. The number of carbonyl (C=O) groups is 1. The van der Waals surface area contributed by atoms with Crippen molar-refractivity contribution in [2.75, 3.05) is 10.2 Å². The molecule has 0 aliphatic rings. The Morgan fingerprint density at radius 2 is 2.06 bits per heavy atom. The number of hydrogen-bond acceptors (Lipinski definition) is 8. The van der Waals surface area contributed by atoms with Crippen LogP contribution in [-0.4, -0.2) is 21.1 Å². The molecule has 0 aliphatic heterocycles. The second-order valence-electron chi connectivity index (χ2n) is 6.25. The average Bonchev–Trinajstić information content (AvgIpc) is 3.36. The molecule has 31 heavy (non-hydrogen) atoms. The third-order valence-corrected chi connectivity index (χ3v) is 7.05. The number of thioether (sulfide) groups is 1. The quantitative estimate of drug-likeness (QED) is 0.297. The Balaban J connectivity index is 1.41. The van der Waals surface area contributed by atoms with Crippen molar-refractivity contribution in [1.82, 2.24) is 15.2 Å². The summed E-state index contributed by atoms with van der Waals surface area (Å²) in [7, 11) is 0. The number of amides is 1. The van der Waals surface area contributed by atoms with Gasteiger partial charge in [-0.2, -0.15) is 0 Å². The van der Waals surface area contributed by atoms with Crippen LogP contribution < -0.4 is 10.2 Å². The summed E-state index contributed by atoms with van der Waals surface area (Å²) in [6.07, 6.45) is 0. The van der Waals surface area contributed by atoms with Crippen LogP contribution in [0.15, 0.2) is 58.3 Å². The van der Waals surface area contributed by atoms with E-state index >= 15 is 0 Å². The summed E-state index contributed by atoms with van der Waals surface area (Å²) in [5.41, 5.74) is 2.11. The van der Waals surface area contributed by atoms with Crippen LogP contribution in [0.4, 0.5) is 26.0 Å². The van der Waals surface area contributed by atoms with Crippen LogP contribution in [0.5, 0.6) is 0 Å². The molecule has 1 N–H and O–H groups in total. The number of rotatable bonds is 7. The number of carbonyl (C=O) groups excluding carboxylic acids is 1. The number of anilines is 4. The van der Waals surface area contributed by atoms with Crippen molar-refractivity contribution < 1.29 is 9.18 Å². The normalized spacial score (nSPS) is 10.8. The Hall–Kier alpha value is -2.53. The molecule has 2 aromatic heterocycles. The Bertz CT molecular complexity index is 1210. The molecular formula is C20H15ClFN5OS3. The van der Waals surface area contributed by atoms with E-state index in [1.165, 1.54) is 58.4 Å². The number of benzene rings is 2. The molecule has 0 aliphatic carbocycles. The van der Waals surface area contributed by atoms with Crippen LogP contribution in [-0.2, 0) is 10.5 Å². The fourth-order valence-electron chi connectivity index (χ4n) is 2.65. The molecule has 2 heterocycles. The lowest BCUT2D eigenvalue weighted by atomic mass is 10.3. The van der Waals surface area contributed by atoms with E-state index in [4.69, 9.17) is 11.6 Å². The van der Waals surface area contributed by atoms with Crippen LogP contribution in [0, 0.1) is 5.82 Å². The lowest BCUT2D eigenvalue weighted by Crippen LogP contribution is -2.22. The van der Waals surface area contributed by atoms with Gasteiger partial charge in [0.25, 0.3) is 0 Å². The number of halogens is 2. The van der Waals surface area contributed by atoms with Crippen molar-refractivity contribution in [1.29, 1.82) is 0 Å². The second kappa shape index (κ2) is 9.73. The summed E-state index contributed by atoms with van der Waals surface area (Å²) in [5.74, 6) is 0.112. The van der Waals surface area contributed by atoms with Crippen LogP contribution in [0.25, 0.3) is 0 Å². The summed E-state index contributed by atoms with van der Waals surface area (Å²) in [5, 5.41) is 14.9. The maximum Gasteiger partial charge on any atom is 0.230 e. The van der Waals surface area contributed by atoms with E-state index in [1.807, 2.05) is 11.4 Å². The van der Waals surface area contributed by atoms with Gasteiger partial charge in [-0.1, -0.05) is 46.8 Å². The summed E-state index contributed by atoms with van der Waals surface area (Å²) in [4.78, 5) is 18.4. The van der Waals surface area contributed by atoms with Crippen molar-refractivity contribution in [2.24, 2.45) is 0 Å². The van der Waals surface area contributed by atoms with Crippen molar-refractivity contribution >= 4 is 73.6 Å². The standard InChI is InChI=1S/C20H15ClFN5OS3/c1-12(28)27(17-7-2-4-13(21)8-17)19-24-16(10-29-19)11-30-20-26-25-18(31-20)23-15-6-3-5-14(22)9-15/h2-10H,11H2,1H3,(H,23,25). The van der Waals surface area contributed by atoms with Gasteiger partial charge < -0.3 is 5.32 Å². The average molecular weight is 492 g/mol. The Morgan fingerprint density at radius 1 is 1.23 bits per heavy atom. The first-order valence-electron chi connectivity index (χ1n) is 8.97. The third kappa shape index (κ3) is 5.59. The Morgan fingerprint density at radius 3 is 2.84 bits per heavy atom. The molecule has 0 fully saturated rings. The van der Waals surface area contributed by atoms with E-state index in [-0.39, 0.29) is 11.7 Å². The zero-order valence-corrected chi connectivity index (χ0v) is 19.3. The molecule has 0 spiro atoms. The maximum absolute atomic E-state index is 13.3. The largest absolute Gasteiger partial charge is 0.330 e. The van der Waals surface area contributed by atoms with Gasteiger partial charge in [-0.25, -0.2) is 9.37 Å². The van der Waals surface area contributed by atoms with Gasteiger partial charge in [0.1, 0.15) is 5.82 Å². The molecule has 4 aromatic rings. The zero-order chi connectivity index (χ0) is 21.8. The van der Waals surface area contributed by atoms with Gasteiger partial charge >= 0.3 is 0 Å². The van der Waals surface area contributed by atoms with E-state index in [2.05, 4.69) is 20.5 Å². The molecule has 0 atom stereocenters. The van der Waals surface area contributed by atoms with Gasteiger partial charge in [-0.15, -0.1) is 21.5 Å². The molecule has 2 aromatic carbocycles. The lowest BCUT2D eigenvalue weighted by molar-refractivity contribution is -0.115. The van der Waals surface area contributed by atoms with Crippen LogP contribution >= 0.6 is 46.0 Å². The van der Waals surface area contributed by atoms with E-state index < -0.39 is 0 Å². The van der Waals surface area contributed by atoms with E-state index in [9.17, 15) is 9.18 Å². The van der Waals surface area contributed by atoms with Gasteiger partial charge in [-0.05, 0) is 36.4 Å². The van der Waals surface area contributed by atoms with Crippen molar-refractivity contribution in [2.45, 2.75) is 17.0 Å². The van der Waals surface area contributed by atoms with Gasteiger partial charge in [0.05, 0.1) is 11.4 Å². The minimum atomic E-state index is -0.319. The minimum Gasteiger partial charge on any atom is -0.330 e. The molecule has 11 heteroatoms. The molecule has 4 rings (SSSR count). The summed E-state index contributed by atoms with van der Waals surface area (Å²) < 4.78 is 14.1. The monoisotopic (exact) mass is 491 g/mol. The predicted octanol–water partition coefficient (Wildman–Crippen LogP) is 6.51. The molecule has 1 amide bonds. The summed E-state index contributed by atoms with van der Waals surface area (Å²) in [6.45, 7) is 1.49. The number of hydrogen-bond donors (Lipinski definition) is 1. The van der Waals surface area contributed by atoms with Gasteiger partial charge in [-0.3, -0.25) is 9.69 Å². The highest BCUT2D eigenvalue weighted by Gasteiger charge is 2.18. The molecule has 158 valence electrons. The molecule has 6 nitrogen and oxygen atoms in total. The van der Waals surface area contributed by atoms with E-state index in [0.29, 0.717) is 32.4 Å². The molecule has 0 bridgehead atoms. The molecule has 0 radical (unpaired) electrons. The first-order valence-corrected chi connectivity index (χ1v) is 12.0. The van der Waals surface area contributed by atoms with Crippen LogP contribution in [0.3, 0.4) is 0 Å². The fraction of sp³-hybridized carbons (Fsp3) is 0.100. The number of aromatic nitrogens is 3. The SMILES string of the molecule is CC(=O)N(c1cccc(Cl)c1)c1nc(CSc2nnc(Nc3cccc(F)c3)s2)cs1. The van der Waals surface area contributed by atoms with Crippen molar-refractivity contribution in [3.05, 3.63) is 70.4 Å².